The summed E-state index contributed by atoms with van der Waals surface area (Å²) in [5, 5.41) is 6.18. The molecule has 5 N–H and O–H groups in total. The van der Waals surface area contributed by atoms with Crippen molar-refractivity contribution in [3.8, 4) is 0 Å². The van der Waals surface area contributed by atoms with E-state index in [1.165, 1.54) is 0 Å². The van der Waals surface area contributed by atoms with Gasteiger partial charge in [-0.15, -0.1) is 12.4 Å². The number of hydrogen-bond donors (Lipinski definition) is 3. The quantitative estimate of drug-likeness (QED) is 0.495. The highest BCUT2D eigenvalue weighted by Gasteiger charge is 1.98. The minimum Gasteiger partial charge on any atom is -0.384 e. The first-order chi connectivity index (χ1) is 3.72. The molecule has 1 aromatic rings. The zero-order valence-electron chi connectivity index (χ0n) is 5.01. The molecule has 4 nitrogen and oxygen atoms in total. The van der Waals surface area contributed by atoms with Gasteiger partial charge in [0.15, 0.2) is 0 Å². The third-order valence-corrected chi connectivity index (χ3v) is 1.09. The standard InChI is InChI=1S/C4H8N4.ClH/c1-2-3(5)7-8-4(2)6;/h1H3,(H5,5,6,7,8);1H. The molecule has 0 bridgehead atoms. The van der Waals surface area contributed by atoms with Crippen LogP contribution >= 0.6 is 12.4 Å². The van der Waals surface area contributed by atoms with Crippen LogP contribution in [0.15, 0.2) is 0 Å². The van der Waals surface area contributed by atoms with Crippen molar-refractivity contribution in [1.29, 1.82) is 0 Å². The third-order valence-electron chi connectivity index (χ3n) is 1.09. The zero-order valence-corrected chi connectivity index (χ0v) is 5.83. The highest BCUT2D eigenvalue weighted by atomic mass is 35.5. The summed E-state index contributed by atoms with van der Waals surface area (Å²) in [6.07, 6.45) is 0. The number of rotatable bonds is 0. The van der Waals surface area contributed by atoms with Crippen molar-refractivity contribution in [2.75, 3.05) is 11.5 Å². The van der Waals surface area contributed by atoms with Gasteiger partial charge in [0.1, 0.15) is 11.6 Å². The number of anilines is 2. The van der Waals surface area contributed by atoms with E-state index in [0.29, 0.717) is 11.6 Å². The van der Waals surface area contributed by atoms with Crippen LogP contribution in [0, 0.1) is 6.92 Å². The highest BCUT2D eigenvalue weighted by Crippen LogP contribution is 2.11. The maximum Gasteiger partial charge on any atom is 0.150 e. The number of nitrogens with one attached hydrogen (secondary N) is 1. The Balaban J connectivity index is 0.000000640. The van der Waals surface area contributed by atoms with Crippen LogP contribution in [0.3, 0.4) is 0 Å². The van der Waals surface area contributed by atoms with Crippen LogP contribution in [-0.4, -0.2) is 10.2 Å². The molecular formula is C4H9ClN4. The molecule has 0 aliphatic carbocycles. The molecule has 0 aromatic carbocycles. The summed E-state index contributed by atoms with van der Waals surface area (Å²) >= 11 is 0. The van der Waals surface area contributed by atoms with E-state index in [-0.39, 0.29) is 12.4 Å². The van der Waals surface area contributed by atoms with Crippen molar-refractivity contribution < 1.29 is 0 Å². The fraction of sp³-hybridized carbons (Fsp3) is 0.250. The summed E-state index contributed by atoms with van der Waals surface area (Å²) in [6.45, 7) is 1.81. The van der Waals surface area contributed by atoms with Crippen molar-refractivity contribution >= 4 is 24.0 Å². The van der Waals surface area contributed by atoms with E-state index in [1.807, 2.05) is 6.92 Å². The fourth-order valence-electron chi connectivity index (χ4n) is 0.426. The Kier molecular flexibility index (Phi) is 2.33. The van der Waals surface area contributed by atoms with Gasteiger partial charge in [-0.2, -0.15) is 5.10 Å². The maximum absolute atomic E-state index is 5.34. The van der Waals surface area contributed by atoms with Gasteiger partial charge in [0, 0.05) is 5.56 Å². The van der Waals surface area contributed by atoms with Crippen LogP contribution in [0.1, 0.15) is 5.56 Å². The van der Waals surface area contributed by atoms with Gasteiger partial charge in [-0.05, 0) is 6.92 Å². The summed E-state index contributed by atoms with van der Waals surface area (Å²) in [7, 11) is 0. The monoisotopic (exact) mass is 148 g/mol. The lowest BCUT2D eigenvalue weighted by Crippen LogP contribution is -1.88. The number of nitrogens with two attached hydrogens (primary N) is 2. The molecule has 0 radical (unpaired) electrons. The van der Waals surface area contributed by atoms with Crippen molar-refractivity contribution in [3.05, 3.63) is 5.56 Å². The van der Waals surface area contributed by atoms with E-state index < -0.39 is 0 Å². The average Bonchev–Trinajstić information content (AvgIpc) is 1.98. The molecule has 1 aromatic heterocycles. The molecule has 0 amide bonds. The second-order valence-corrected chi connectivity index (χ2v) is 1.65. The van der Waals surface area contributed by atoms with Crippen LogP contribution in [-0.2, 0) is 0 Å². The predicted octanol–water partition coefficient (Wildman–Crippen LogP) is 0.304. The molecule has 0 fully saturated rings. The molecule has 0 aliphatic heterocycles. The summed E-state index contributed by atoms with van der Waals surface area (Å²) in [5.74, 6) is 1.02. The molecule has 0 atom stereocenters. The summed E-state index contributed by atoms with van der Waals surface area (Å²) in [6, 6.07) is 0. The SMILES string of the molecule is Cc1c(N)n[nH]c1N.Cl. The average molecular weight is 149 g/mol. The van der Waals surface area contributed by atoms with Gasteiger partial charge < -0.3 is 11.5 Å². The van der Waals surface area contributed by atoms with E-state index in [0.717, 1.165) is 5.56 Å². The number of halogens is 1. The van der Waals surface area contributed by atoms with Crippen molar-refractivity contribution in [1.82, 2.24) is 10.2 Å². The lowest BCUT2D eigenvalue weighted by atomic mass is 10.3. The van der Waals surface area contributed by atoms with Crippen LogP contribution in [0.2, 0.25) is 0 Å². The Bertz CT molecular complexity index is 175. The van der Waals surface area contributed by atoms with Crippen molar-refractivity contribution in [2.24, 2.45) is 0 Å². The fourth-order valence-corrected chi connectivity index (χ4v) is 0.426. The Morgan fingerprint density at radius 2 is 2.00 bits per heavy atom. The molecule has 0 spiro atoms. The normalized spacial score (nSPS) is 8.56. The van der Waals surface area contributed by atoms with Gasteiger partial charge >= 0.3 is 0 Å². The third kappa shape index (κ3) is 1.26. The van der Waals surface area contributed by atoms with E-state index in [1.54, 1.807) is 0 Å². The Hall–Kier alpha value is -0.900. The van der Waals surface area contributed by atoms with E-state index in [9.17, 15) is 0 Å². The van der Waals surface area contributed by atoms with Gasteiger partial charge in [0.2, 0.25) is 0 Å². The minimum atomic E-state index is 0. The van der Waals surface area contributed by atoms with Crippen LogP contribution in [0.25, 0.3) is 0 Å². The van der Waals surface area contributed by atoms with Gasteiger partial charge in [-0.25, -0.2) is 0 Å². The van der Waals surface area contributed by atoms with Crippen LogP contribution in [0.4, 0.5) is 11.6 Å². The Morgan fingerprint density at radius 3 is 2.11 bits per heavy atom. The van der Waals surface area contributed by atoms with Crippen molar-refractivity contribution in [3.63, 3.8) is 0 Å². The topological polar surface area (TPSA) is 80.7 Å². The number of aromatic amines is 1. The summed E-state index contributed by atoms with van der Waals surface area (Å²) in [5.41, 5.74) is 11.5. The first kappa shape index (κ1) is 8.10. The smallest absolute Gasteiger partial charge is 0.150 e. The van der Waals surface area contributed by atoms with Gasteiger partial charge in [-0.1, -0.05) is 0 Å². The number of aromatic nitrogens is 2. The van der Waals surface area contributed by atoms with Gasteiger partial charge in [-0.3, -0.25) is 5.10 Å². The van der Waals surface area contributed by atoms with Crippen LogP contribution < -0.4 is 11.5 Å². The molecule has 52 valence electrons. The van der Waals surface area contributed by atoms with Gasteiger partial charge in [0.05, 0.1) is 0 Å². The predicted molar refractivity (Wildman–Crippen MR) is 39.4 cm³/mol. The molecule has 1 heterocycles. The lowest BCUT2D eigenvalue weighted by Gasteiger charge is -1.84. The molecular weight excluding hydrogens is 140 g/mol. The molecule has 9 heavy (non-hydrogen) atoms. The first-order valence-corrected chi connectivity index (χ1v) is 2.27. The van der Waals surface area contributed by atoms with E-state index >= 15 is 0 Å². The van der Waals surface area contributed by atoms with E-state index in [2.05, 4.69) is 10.2 Å². The second kappa shape index (κ2) is 2.59. The van der Waals surface area contributed by atoms with E-state index in [4.69, 9.17) is 11.5 Å². The van der Waals surface area contributed by atoms with Crippen LogP contribution in [0.5, 0.6) is 0 Å². The summed E-state index contributed by atoms with van der Waals surface area (Å²) in [4.78, 5) is 0. The summed E-state index contributed by atoms with van der Waals surface area (Å²) < 4.78 is 0. The largest absolute Gasteiger partial charge is 0.384 e. The molecule has 0 saturated heterocycles. The van der Waals surface area contributed by atoms with Crippen molar-refractivity contribution in [2.45, 2.75) is 6.92 Å². The Labute approximate surface area is 59.0 Å². The maximum atomic E-state index is 5.34. The molecule has 5 heteroatoms. The first-order valence-electron chi connectivity index (χ1n) is 2.27. The molecule has 0 aliphatic rings. The molecule has 0 unspecified atom stereocenters. The van der Waals surface area contributed by atoms with Gasteiger partial charge in [0.25, 0.3) is 0 Å². The number of H-pyrrole nitrogens is 1. The highest BCUT2D eigenvalue weighted by molar-refractivity contribution is 5.85. The molecule has 0 saturated carbocycles. The minimum absolute atomic E-state index is 0. The number of nitrogens with zero attached hydrogens (tertiary/aromatic N) is 1. The number of hydrogen-bond acceptors (Lipinski definition) is 3. The number of nitrogen functional groups attached to an aromatic ring is 2. The zero-order chi connectivity index (χ0) is 6.15. The molecule has 1 rings (SSSR count). The second-order valence-electron chi connectivity index (χ2n) is 1.65. The lowest BCUT2D eigenvalue weighted by molar-refractivity contribution is 1.11. The Morgan fingerprint density at radius 1 is 1.44 bits per heavy atom.